The third-order valence-electron chi connectivity index (χ3n) is 9.03. The Hall–Kier alpha value is -4.87. The van der Waals surface area contributed by atoms with Crippen LogP contribution in [0.1, 0.15) is 22.3 Å². The molecule has 0 fully saturated rings. The molecule has 5 aromatic carbocycles. The maximum Gasteiger partial charge on any atom is 1.00 e. The fourth-order valence-electron chi connectivity index (χ4n) is 6.34. The van der Waals surface area contributed by atoms with Crippen LogP contribution >= 0.6 is 15.9 Å². The van der Waals surface area contributed by atoms with E-state index in [9.17, 15) is 30.7 Å². The molecule has 62 heavy (non-hydrogen) atoms. The molecule has 0 saturated heterocycles. The number of rotatable bonds is 8. The summed E-state index contributed by atoms with van der Waals surface area (Å²) in [4.78, 5) is 0. The van der Waals surface area contributed by atoms with Crippen molar-refractivity contribution in [3.63, 3.8) is 0 Å². The Morgan fingerprint density at radius 3 is 0.581 bits per heavy atom. The van der Waals surface area contributed by atoms with Crippen LogP contribution in [0.25, 0.3) is 24.3 Å². The van der Waals surface area contributed by atoms with E-state index in [1.54, 1.807) is 0 Å². The van der Waals surface area contributed by atoms with Gasteiger partial charge in [0.2, 0.25) is 0 Å². The Bertz CT molecular complexity index is 2440. The third kappa shape index (κ3) is 7.46. The number of halogens is 22. The SMILES string of the molecule is C=Cc1c(F)c(F)c(Br)c(F)c1F.C=Cc1c(F)c(F)c([B-](c2c(F)c(F)c(F)c(F)c2F)(c2c(F)c(F)c(C=C)c(F)c2F)c2c(F)c(F)c(C=C)c(F)c2F)c(F)c1F.[Na+]. The van der Waals surface area contributed by atoms with Crippen molar-refractivity contribution in [1.29, 1.82) is 0 Å². The van der Waals surface area contributed by atoms with Gasteiger partial charge >= 0.3 is 29.6 Å². The molecule has 0 spiro atoms. The summed E-state index contributed by atoms with van der Waals surface area (Å²) in [5.41, 5.74) is -19.3. The van der Waals surface area contributed by atoms with Crippen LogP contribution in [0.15, 0.2) is 30.8 Å². The van der Waals surface area contributed by atoms with Gasteiger partial charge in [-0.3, -0.25) is 0 Å². The van der Waals surface area contributed by atoms with Gasteiger partial charge in [-0.15, -0.1) is 21.9 Å². The average molecular weight is 981 g/mol. The molecule has 5 rings (SSSR count). The van der Waals surface area contributed by atoms with E-state index in [0.717, 1.165) is 0 Å². The van der Waals surface area contributed by atoms with E-state index in [1.165, 1.54) is 0 Å². The van der Waals surface area contributed by atoms with E-state index in [1.807, 2.05) is 0 Å². The molecular formula is C38H12BBrF21Na. The quantitative estimate of drug-likeness (QED) is 0.0641. The molecule has 0 heterocycles. The first-order valence-electron chi connectivity index (χ1n) is 15.6. The summed E-state index contributed by atoms with van der Waals surface area (Å²) in [5.74, 6) is -59.2. The minimum absolute atomic E-state index is 0. The Morgan fingerprint density at radius 1 is 0.258 bits per heavy atom. The molecule has 0 radical (unpaired) electrons. The normalized spacial score (nSPS) is 11.2. The van der Waals surface area contributed by atoms with E-state index in [2.05, 4.69) is 42.2 Å². The predicted octanol–water partition coefficient (Wildman–Crippen LogP) is 8.01. The van der Waals surface area contributed by atoms with Crippen molar-refractivity contribution in [3.05, 3.63) is 175 Å². The van der Waals surface area contributed by atoms with Crippen molar-refractivity contribution < 1.29 is 122 Å². The van der Waals surface area contributed by atoms with Crippen molar-refractivity contribution in [2.45, 2.75) is 0 Å². The van der Waals surface area contributed by atoms with Crippen LogP contribution < -0.4 is 51.4 Å². The molecule has 0 atom stereocenters. The first-order valence-corrected chi connectivity index (χ1v) is 16.4. The molecule has 322 valence electrons. The Labute approximate surface area is 363 Å². The van der Waals surface area contributed by atoms with Crippen LogP contribution in [0.3, 0.4) is 0 Å². The van der Waals surface area contributed by atoms with Crippen LogP contribution in [-0.2, 0) is 0 Å². The minimum atomic E-state index is -6.84. The zero-order valence-corrected chi connectivity index (χ0v) is 33.6. The molecule has 24 heteroatoms. The van der Waals surface area contributed by atoms with Crippen molar-refractivity contribution in [2.24, 2.45) is 0 Å². The summed E-state index contributed by atoms with van der Waals surface area (Å²) in [5, 5.41) is 0. The monoisotopic (exact) mass is 980 g/mol. The first kappa shape index (κ1) is 51.5. The van der Waals surface area contributed by atoms with Crippen molar-refractivity contribution in [2.75, 3.05) is 0 Å². The third-order valence-corrected chi connectivity index (χ3v) is 9.73. The molecule has 0 aliphatic heterocycles. The summed E-state index contributed by atoms with van der Waals surface area (Å²) < 4.78 is 313. The van der Waals surface area contributed by atoms with Crippen LogP contribution in [-0.4, -0.2) is 6.15 Å². The molecule has 0 aromatic heterocycles. The summed E-state index contributed by atoms with van der Waals surface area (Å²) in [6.07, 6.45) is -6.19. The Kier molecular flexibility index (Phi) is 15.7. The van der Waals surface area contributed by atoms with Gasteiger partial charge in [-0.05, 0) is 15.9 Å². The predicted molar refractivity (Wildman–Crippen MR) is 184 cm³/mol. The average Bonchev–Trinajstić information content (AvgIpc) is 3.22. The van der Waals surface area contributed by atoms with Gasteiger partial charge in [0.15, 0.2) is 75.6 Å². The molecular weight excluding hydrogens is 969 g/mol. The van der Waals surface area contributed by atoms with Gasteiger partial charge in [0.25, 0.3) is 0 Å². The van der Waals surface area contributed by atoms with Gasteiger partial charge in [0.05, 0.1) is 26.7 Å². The molecule has 0 unspecified atom stereocenters. The standard InChI is InChI=1S/C30H9BF17.C8H3BrF4.Na/c1-4-7-14(32)20(38)10(21(39)15(7)33)31(13-26(44)28(46)30(48)29(47)27(13)45,11-22(40)16(34)8(5-2)17(35)23(11)41)12-24(42)18(36)9(6-3)19(37)25(12)43;1-2-3-5(10)7(12)4(9)8(13)6(3)11;/h4-6H,1-3H2;2H,1H2;/q-1;;+1. The second-order valence-electron chi connectivity index (χ2n) is 11.9. The smallest absolute Gasteiger partial charge is 0.207 e. The molecule has 0 bridgehead atoms. The number of hydrogen-bond acceptors (Lipinski definition) is 0. The fourth-order valence-corrected chi connectivity index (χ4v) is 6.69. The van der Waals surface area contributed by atoms with E-state index >= 15 is 61.5 Å². The van der Waals surface area contributed by atoms with Gasteiger partial charge in [-0.1, -0.05) is 50.6 Å². The molecule has 0 saturated carbocycles. The number of hydrogen-bond donors (Lipinski definition) is 0. The number of benzene rings is 5. The van der Waals surface area contributed by atoms with E-state index in [-0.39, 0.29) is 47.8 Å². The van der Waals surface area contributed by atoms with Gasteiger partial charge in [-0.2, -0.15) is 0 Å². The Morgan fingerprint density at radius 2 is 0.403 bits per heavy atom. The molecule has 0 N–H and O–H groups in total. The van der Waals surface area contributed by atoms with Gasteiger partial charge in [-0.25, -0.2) is 92.2 Å². The molecule has 0 amide bonds. The summed E-state index contributed by atoms with van der Waals surface area (Å²) in [7, 11) is 0. The Balaban J connectivity index is 0.000000625. The first-order chi connectivity index (χ1) is 28.3. The maximum absolute atomic E-state index is 16.0. The van der Waals surface area contributed by atoms with E-state index in [4.69, 9.17) is 0 Å². The minimum Gasteiger partial charge on any atom is -0.207 e. The molecule has 5 aromatic rings. The van der Waals surface area contributed by atoms with Crippen molar-refractivity contribution >= 4 is 68.2 Å². The van der Waals surface area contributed by atoms with E-state index < -0.39 is 177 Å². The van der Waals surface area contributed by atoms with Crippen LogP contribution in [0.4, 0.5) is 92.2 Å². The fraction of sp³-hybridized carbons (Fsp3) is 0. The molecule has 0 aliphatic rings. The molecule has 0 nitrogen and oxygen atoms in total. The zero-order valence-electron chi connectivity index (χ0n) is 30.0. The zero-order chi connectivity index (χ0) is 46.6. The largest absolute Gasteiger partial charge is 1.00 e. The van der Waals surface area contributed by atoms with E-state index in [0.29, 0.717) is 6.08 Å². The summed E-state index contributed by atoms with van der Waals surface area (Å²) in [6.45, 7) is 11.4. The van der Waals surface area contributed by atoms with Gasteiger partial charge in [0.1, 0.15) is 52.7 Å². The van der Waals surface area contributed by atoms with Crippen LogP contribution in [0.5, 0.6) is 0 Å². The van der Waals surface area contributed by atoms with Crippen molar-refractivity contribution in [3.8, 4) is 0 Å². The van der Waals surface area contributed by atoms with Crippen LogP contribution in [0, 0.1) is 122 Å². The summed E-state index contributed by atoms with van der Waals surface area (Å²) >= 11 is 2.38. The van der Waals surface area contributed by atoms with Crippen LogP contribution in [0.2, 0.25) is 0 Å². The second-order valence-corrected chi connectivity index (χ2v) is 12.7. The topological polar surface area (TPSA) is 0 Å². The van der Waals surface area contributed by atoms with Crippen molar-refractivity contribution in [1.82, 2.24) is 0 Å². The molecule has 0 aliphatic carbocycles. The summed E-state index contributed by atoms with van der Waals surface area (Å²) in [6, 6.07) is 0. The maximum atomic E-state index is 16.0. The second kappa shape index (κ2) is 18.9. The van der Waals surface area contributed by atoms with Gasteiger partial charge < -0.3 is 0 Å². The van der Waals surface area contributed by atoms with Gasteiger partial charge in [0, 0.05) is 0 Å².